The first-order valence-corrected chi connectivity index (χ1v) is 5.54. The normalized spacial score (nSPS) is 10.4. The number of carbonyl (C=O) groups excluding carboxylic acids is 1. The van der Waals surface area contributed by atoms with Crippen LogP contribution in [0.15, 0.2) is 30.3 Å². The Balaban J connectivity index is 2.29. The maximum Gasteiger partial charge on any atom is 0.288 e. The Morgan fingerprint density at radius 2 is 2.08 bits per heavy atom. The zero-order chi connectivity index (χ0) is 8.81. The van der Waals surface area contributed by atoms with Gasteiger partial charge in [-0.1, -0.05) is 30.3 Å². The van der Waals surface area contributed by atoms with Crippen LogP contribution in [0.4, 0.5) is 0 Å². The molecule has 0 fully saturated rings. The van der Waals surface area contributed by atoms with Crippen molar-refractivity contribution in [3.05, 3.63) is 35.9 Å². The van der Waals surface area contributed by atoms with Crippen molar-refractivity contribution < 1.29 is 9.22 Å². The quantitative estimate of drug-likeness (QED) is 0.644. The van der Waals surface area contributed by atoms with Crippen molar-refractivity contribution in [2.24, 2.45) is 0 Å². The van der Waals surface area contributed by atoms with Gasteiger partial charge in [-0.05, 0) is 11.6 Å². The first-order valence-electron chi connectivity index (χ1n) is 3.96. The number of hydrogen-bond donors (Lipinski definition) is 0. The van der Waals surface area contributed by atoms with Crippen molar-refractivity contribution in [2.75, 3.05) is 0 Å². The van der Waals surface area contributed by atoms with E-state index in [9.17, 15) is 4.79 Å². The van der Waals surface area contributed by atoms with Crippen LogP contribution >= 0.6 is 0 Å². The van der Waals surface area contributed by atoms with Crippen LogP contribution in [0.5, 0.6) is 0 Å². The SMILES string of the molecule is CC(=O)O[SiH2]Cc1ccccc1. The fourth-order valence-electron chi connectivity index (χ4n) is 0.957. The van der Waals surface area contributed by atoms with E-state index in [1.807, 2.05) is 18.2 Å². The van der Waals surface area contributed by atoms with Gasteiger partial charge < -0.3 is 4.43 Å². The Labute approximate surface area is 74.5 Å². The number of rotatable bonds is 3. The van der Waals surface area contributed by atoms with Crippen LogP contribution in [0.2, 0.25) is 0 Å². The molecule has 0 radical (unpaired) electrons. The number of carbonyl (C=O) groups is 1. The van der Waals surface area contributed by atoms with Gasteiger partial charge in [-0.2, -0.15) is 0 Å². The summed E-state index contributed by atoms with van der Waals surface area (Å²) in [6.07, 6.45) is 0. The third-order valence-corrected chi connectivity index (χ3v) is 2.93. The molecule has 0 saturated carbocycles. The van der Waals surface area contributed by atoms with Crippen LogP contribution in [0, 0.1) is 0 Å². The van der Waals surface area contributed by atoms with Gasteiger partial charge >= 0.3 is 0 Å². The summed E-state index contributed by atoms with van der Waals surface area (Å²) in [6, 6.07) is 11.0. The van der Waals surface area contributed by atoms with Crippen LogP contribution in [0.25, 0.3) is 0 Å². The van der Waals surface area contributed by atoms with Gasteiger partial charge in [-0.15, -0.1) is 0 Å². The second-order valence-corrected chi connectivity index (χ2v) is 3.77. The smallest absolute Gasteiger partial charge is 0.288 e. The largest absolute Gasteiger partial charge is 0.525 e. The molecule has 0 aliphatic heterocycles. The zero-order valence-corrected chi connectivity index (χ0v) is 8.53. The molecule has 0 aromatic heterocycles. The fraction of sp³-hybridized carbons (Fsp3) is 0.222. The van der Waals surface area contributed by atoms with Gasteiger partial charge in [0.1, 0.15) is 0 Å². The lowest BCUT2D eigenvalue weighted by molar-refractivity contribution is -0.131. The summed E-state index contributed by atoms with van der Waals surface area (Å²) in [4.78, 5) is 10.4. The molecule has 64 valence electrons. The van der Waals surface area contributed by atoms with Gasteiger partial charge in [0, 0.05) is 6.92 Å². The minimum Gasteiger partial charge on any atom is -0.525 e. The highest BCUT2D eigenvalue weighted by Crippen LogP contribution is 1.98. The molecule has 1 aromatic rings. The second kappa shape index (κ2) is 4.72. The first-order chi connectivity index (χ1) is 5.79. The van der Waals surface area contributed by atoms with Crippen LogP contribution in [-0.2, 0) is 15.3 Å². The third kappa shape index (κ3) is 3.34. The van der Waals surface area contributed by atoms with Crippen LogP contribution in [0.1, 0.15) is 12.5 Å². The molecule has 0 bridgehead atoms. The molecule has 0 aliphatic rings. The fourth-order valence-corrected chi connectivity index (χ4v) is 1.92. The van der Waals surface area contributed by atoms with Crippen molar-refractivity contribution in [3.63, 3.8) is 0 Å². The Bertz CT molecular complexity index is 246. The summed E-state index contributed by atoms with van der Waals surface area (Å²) in [5.41, 5.74) is 1.26. The molecule has 0 amide bonds. The van der Waals surface area contributed by atoms with E-state index in [4.69, 9.17) is 4.43 Å². The van der Waals surface area contributed by atoms with Gasteiger partial charge in [0.05, 0.1) is 0 Å². The molecular weight excluding hydrogens is 168 g/mol. The predicted molar refractivity (Wildman–Crippen MR) is 50.5 cm³/mol. The molecule has 0 heterocycles. The standard InChI is InChI=1S/C9H12O2Si/c1-8(10)11-12-7-9-5-3-2-4-6-9/h2-6H,7,12H2,1H3. The van der Waals surface area contributed by atoms with E-state index in [1.165, 1.54) is 12.5 Å². The van der Waals surface area contributed by atoms with E-state index >= 15 is 0 Å². The molecule has 0 spiro atoms. The Morgan fingerprint density at radius 3 is 2.67 bits per heavy atom. The summed E-state index contributed by atoms with van der Waals surface area (Å²) in [5, 5.41) is 0. The van der Waals surface area contributed by atoms with Gasteiger partial charge in [-0.3, -0.25) is 4.79 Å². The molecule has 1 rings (SSSR count). The van der Waals surface area contributed by atoms with E-state index in [2.05, 4.69) is 12.1 Å². The van der Waals surface area contributed by atoms with Gasteiger partial charge in [0.2, 0.25) is 9.76 Å². The molecule has 0 aliphatic carbocycles. The van der Waals surface area contributed by atoms with Crippen molar-refractivity contribution in [2.45, 2.75) is 13.0 Å². The highest BCUT2D eigenvalue weighted by molar-refractivity contribution is 6.29. The van der Waals surface area contributed by atoms with E-state index in [0.717, 1.165) is 6.04 Å². The molecular formula is C9H12O2Si. The predicted octanol–water partition coefficient (Wildman–Crippen LogP) is 0.834. The molecule has 1 aromatic carbocycles. The summed E-state index contributed by atoms with van der Waals surface area (Å²) in [7, 11) is -0.684. The summed E-state index contributed by atoms with van der Waals surface area (Å²) in [5.74, 6) is -0.155. The van der Waals surface area contributed by atoms with Crippen LogP contribution in [0.3, 0.4) is 0 Å². The second-order valence-electron chi connectivity index (χ2n) is 2.58. The monoisotopic (exact) mass is 180 g/mol. The summed E-state index contributed by atoms with van der Waals surface area (Å²) < 4.78 is 4.95. The minimum atomic E-state index is -0.684. The third-order valence-electron chi connectivity index (χ3n) is 1.54. The summed E-state index contributed by atoms with van der Waals surface area (Å²) >= 11 is 0. The lowest BCUT2D eigenvalue weighted by Gasteiger charge is -2.00. The molecule has 2 nitrogen and oxygen atoms in total. The van der Waals surface area contributed by atoms with E-state index in [-0.39, 0.29) is 5.97 Å². The van der Waals surface area contributed by atoms with Crippen molar-refractivity contribution in [3.8, 4) is 0 Å². The van der Waals surface area contributed by atoms with Crippen molar-refractivity contribution >= 4 is 15.7 Å². The topological polar surface area (TPSA) is 26.3 Å². The van der Waals surface area contributed by atoms with Gasteiger partial charge in [-0.25, -0.2) is 0 Å². The number of benzene rings is 1. The molecule has 0 unspecified atom stereocenters. The van der Waals surface area contributed by atoms with E-state index in [0.29, 0.717) is 0 Å². The van der Waals surface area contributed by atoms with Crippen molar-refractivity contribution in [1.29, 1.82) is 0 Å². The zero-order valence-electron chi connectivity index (χ0n) is 7.12. The lowest BCUT2D eigenvalue weighted by atomic mass is 10.2. The summed E-state index contributed by atoms with van der Waals surface area (Å²) in [6.45, 7) is 1.46. The average molecular weight is 180 g/mol. The number of hydrogen-bond acceptors (Lipinski definition) is 2. The Morgan fingerprint density at radius 1 is 1.42 bits per heavy atom. The molecule has 12 heavy (non-hydrogen) atoms. The molecule has 0 saturated heterocycles. The highest BCUT2D eigenvalue weighted by Gasteiger charge is 1.95. The van der Waals surface area contributed by atoms with Gasteiger partial charge in [0.25, 0.3) is 5.97 Å². The maximum absolute atomic E-state index is 10.4. The van der Waals surface area contributed by atoms with E-state index in [1.54, 1.807) is 0 Å². The van der Waals surface area contributed by atoms with Crippen LogP contribution in [-0.4, -0.2) is 15.7 Å². The minimum absolute atomic E-state index is 0.155. The first kappa shape index (κ1) is 9.00. The molecule has 3 heteroatoms. The Kier molecular flexibility index (Phi) is 3.54. The van der Waals surface area contributed by atoms with Crippen molar-refractivity contribution in [1.82, 2.24) is 0 Å². The maximum atomic E-state index is 10.4. The van der Waals surface area contributed by atoms with Crippen LogP contribution < -0.4 is 0 Å². The lowest BCUT2D eigenvalue weighted by Crippen LogP contribution is -2.07. The molecule has 0 atom stereocenters. The van der Waals surface area contributed by atoms with E-state index < -0.39 is 9.76 Å². The Hall–Kier alpha value is -1.09. The van der Waals surface area contributed by atoms with Gasteiger partial charge in [0.15, 0.2) is 0 Å². The molecule has 0 N–H and O–H groups in total. The highest BCUT2D eigenvalue weighted by atomic mass is 28.2. The average Bonchev–Trinajstić information content (AvgIpc) is 2.05.